The Labute approximate surface area is 184 Å². The predicted octanol–water partition coefficient (Wildman–Crippen LogP) is -0.730. The van der Waals surface area contributed by atoms with Crippen LogP contribution in [0.4, 0.5) is 0 Å². The van der Waals surface area contributed by atoms with Crippen molar-refractivity contribution in [2.75, 3.05) is 20.1 Å². The zero-order chi connectivity index (χ0) is 24.0. The van der Waals surface area contributed by atoms with Crippen LogP contribution in [0.2, 0.25) is 0 Å². The molecule has 0 saturated carbocycles. The summed E-state index contributed by atoms with van der Waals surface area (Å²) in [6.07, 6.45) is 0.328. The third kappa shape index (κ3) is 13.6. The van der Waals surface area contributed by atoms with Gasteiger partial charge >= 0.3 is 11.9 Å². The van der Waals surface area contributed by atoms with E-state index in [2.05, 4.69) is 26.6 Å². The van der Waals surface area contributed by atoms with E-state index in [4.69, 9.17) is 5.11 Å². The van der Waals surface area contributed by atoms with Crippen LogP contribution >= 0.6 is 0 Å². The minimum atomic E-state index is -1.18. The van der Waals surface area contributed by atoms with Crippen molar-refractivity contribution in [1.29, 1.82) is 0 Å². The van der Waals surface area contributed by atoms with Crippen molar-refractivity contribution in [3.8, 4) is 0 Å². The molecule has 0 aromatic carbocycles. The number of carboxylic acids is 2. The highest BCUT2D eigenvalue weighted by molar-refractivity contribution is 5.87. The molecule has 0 aliphatic carbocycles. The molecule has 0 aliphatic rings. The Morgan fingerprint density at radius 1 is 0.806 bits per heavy atom. The van der Waals surface area contributed by atoms with Crippen molar-refractivity contribution in [1.82, 2.24) is 26.6 Å². The second-order valence-corrected chi connectivity index (χ2v) is 8.07. The number of nitrogens with one attached hydrogen (secondary N) is 5. The average molecular weight is 446 g/mol. The molecule has 0 bridgehead atoms. The van der Waals surface area contributed by atoms with Crippen LogP contribution in [0.3, 0.4) is 0 Å². The van der Waals surface area contributed by atoms with Crippen LogP contribution in [-0.2, 0) is 19.2 Å². The van der Waals surface area contributed by atoms with E-state index in [-0.39, 0.29) is 43.8 Å². The fourth-order valence-corrected chi connectivity index (χ4v) is 2.96. The molecule has 0 aliphatic heterocycles. The summed E-state index contributed by atoms with van der Waals surface area (Å²) in [5, 5.41) is 32.6. The minimum absolute atomic E-state index is 0.0530. The van der Waals surface area contributed by atoms with Gasteiger partial charge in [-0.3, -0.25) is 14.4 Å². The van der Waals surface area contributed by atoms with Gasteiger partial charge in [0.25, 0.3) is 0 Å². The van der Waals surface area contributed by atoms with Crippen LogP contribution in [0.1, 0.15) is 53.4 Å². The van der Waals surface area contributed by atoms with Gasteiger partial charge in [0.1, 0.15) is 6.04 Å². The summed E-state index contributed by atoms with van der Waals surface area (Å²) in [5.41, 5.74) is 0. The molecular formula is C20H39N5O6. The van der Waals surface area contributed by atoms with Crippen molar-refractivity contribution in [2.24, 2.45) is 0 Å². The molecule has 0 spiro atoms. The first-order chi connectivity index (χ1) is 14.5. The molecule has 11 heteroatoms. The molecule has 31 heavy (non-hydrogen) atoms. The third-order valence-electron chi connectivity index (χ3n) is 4.34. The lowest BCUT2D eigenvalue weighted by atomic mass is 10.1. The zero-order valence-electron chi connectivity index (χ0n) is 19.2. The van der Waals surface area contributed by atoms with Gasteiger partial charge in [0.05, 0.1) is 12.1 Å². The van der Waals surface area contributed by atoms with Gasteiger partial charge in [0, 0.05) is 31.6 Å². The van der Waals surface area contributed by atoms with Crippen molar-refractivity contribution in [3.63, 3.8) is 0 Å². The fraction of sp³-hybridized carbons (Fsp3) is 0.800. The smallest absolute Gasteiger partial charge is 0.326 e. The number of rotatable bonds is 17. The molecule has 0 rings (SSSR count). The van der Waals surface area contributed by atoms with E-state index in [9.17, 15) is 24.3 Å². The van der Waals surface area contributed by atoms with Gasteiger partial charge < -0.3 is 36.8 Å². The number of likely N-dealkylation sites (N-methyl/N-ethyl adjacent to an activating group) is 1. The van der Waals surface area contributed by atoms with Crippen LogP contribution in [0, 0.1) is 0 Å². The maximum atomic E-state index is 12.5. The van der Waals surface area contributed by atoms with Crippen molar-refractivity contribution in [2.45, 2.75) is 83.6 Å². The Morgan fingerprint density at radius 2 is 1.39 bits per heavy atom. The van der Waals surface area contributed by atoms with E-state index in [1.807, 2.05) is 27.7 Å². The Hall–Kier alpha value is -2.24. The molecular weight excluding hydrogens is 406 g/mol. The number of carbonyl (C=O) groups is 4. The largest absolute Gasteiger partial charge is 0.481 e. The predicted molar refractivity (Wildman–Crippen MR) is 117 cm³/mol. The van der Waals surface area contributed by atoms with Gasteiger partial charge in [-0.2, -0.15) is 0 Å². The van der Waals surface area contributed by atoms with Crippen LogP contribution in [0.15, 0.2) is 0 Å². The Bertz CT molecular complexity index is 584. The highest BCUT2D eigenvalue weighted by atomic mass is 16.4. The summed E-state index contributed by atoms with van der Waals surface area (Å²) in [4.78, 5) is 47.2. The van der Waals surface area contributed by atoms with E-state index in [0.717, 1.165) is 0 Å². The standard InChI is InChI=1S/C20H39N5O6/c1-12(2)23-14(8-9-17(26)27)19(29)25-15(20(30)31)7-6-10-22-18(28)16(11-21-5)24-13(3)4/h12-16,21,23-24H,6-11H2,1-5H3,(H,22,28)(H,25,29)(H,26,27)(H,30,31)/t14-,15?,16-/m0/s1. The second kappa shape index (κ2) is 15.5. The van der Waals surface area contributed by atoms with Gasteiger partial charge in [-0.15, -0.1) is 0 Å². The van der Waals surface area contributed by atoms with Crippen molar-refractivity contribution < 1.29 is 29.4 Å². The van der Waals surface area contributed by atoms with Gasteiger partial charge in [-0.05, 0) is 26.3 Å². The van der Waals surface area contributed by atoms with Gasteiger partial charge in [0.15, 0.2) is 0 Å². The average Bonchev–Trinajstić information content (AvgIpc) is 2.65. The number of hydrogen-bond donors (Lipinski definition) is 7. The van der Waals surface area contributed by atoms with E-state index in [0.29, 0.717) is 13.0 Å². The number of hydrogen-bond acceptors (Lipinski definition) is 7. The highest BCUT2D eigenvalue weighted by Crippen LogP contribution is 2.04. The normalized spacial score (nSPS) is 14.2. The zero-order valence-corrected chi connectivity index (χ0v) is 19.2. The van der Waals surface area contributed by atoms with Gasteiger partial charge in [-0.1, -0.05) is 27.7 Å². The van der Waals surface area contributed by atoms with Crippen LogP contribution in [0.25, 0.3) is 0 Å². The van der Waals surface area contributed by atoms with E-state index >= 15 is 0 Å². The Morgan fingerprint density at radius 3 is 1.87 bits per heavy atom. The number of carboxylic acid groups (broad SMARTS) is 2. The Balaban J connectivity index is 4.70. The van der Waals surface area contributed by atoms with Crippen LogP contribution in [-0.4, -0.2) is 84.3 Å². The number of carbonyl (C=O) groups excluding carboxylic acids is 2. The molecule has 0 saturated heterocycles. The SMILES string of the molecule is CNC[C@H](NC(C)C)C(=O)NCCCC(NC(=O)[C@H](CCC(=O)O)NC(C)C)C(=O)O. The molecule has 0 fully saturated rings. The topological polar surface area (TPSA) is 169 Å². The van der Waals surface area contributed by atoms with E-state index in [1.165, 1.54) is 0 Å². The lowest BCUT2D eigenvalue weighted by Crippen LogP contribution is -2.52. The first-order valence-corrected chi connectivity index (χ1v) is 10.7. The Kier molecular flexibility index (Phi) is 14.4. The van der Waals surface area contributed by atoms with Crippen LogP contribution in [0.5, 0.6) is 0 Å². The molecule has 0 radical (unpaired) electrons. The maximum Gasteiger partial charge on any atom is 0.326 e. The lowest BCUT2D eigenvalue weighted by Gasteiger charge is -2.23. The first-order valence-electron chi connectivity index (χ1n) is 10.7. The van der Waals surface area contributed by atoms with Crippen molar-refractivity contribution in [3.05, 3.63) is 0 Å². The minimum Gasteiger partial charge on any atom is -0.481 e. The fourth-order valence-electron chi connectivity index (χ4n) is 2.96. The van der Waals surface area contributed by atoms with Gasteiger partial charge in [-0.25, -0.2) is 4.79 Å². The summed E-state index contributed by atoms with van der Waals surface area (Å²) in [7, 11) is 1.75. The number of amides is 2. The summed E-state index contributed by atoms with van der Waals surface area (Å²) in [6.45, 7) is 8.23. The molecule has 0 heterocycles. The molecule has 7 N–H and O–H groups in total. The molecule has 2 amide bonds. The quantitative estimate of drug-likeness (QED) is 0.143. The summed E-state index contributed by atoms with van der Waals surface area (Å²) in [5.74, 6) is -2.96. The molecule has 3 atom stereocenters. The third-order valence-corrected chi connectivity index (χ3v) is 4.34. The van der Waals surface area contributed by atoms with E-state index < -0.39 is 36.0 Å². The van der Waals surface area contributed by atoms with Crippen molar-refractivity contribution >= 4 is 23.8 Å². The van der Waals surface area contributed by atoms with Crippen LogP contribution < -0.4 is 26.6 Å². The lowest BCUT2D eigenvalue weighted by molar-refractivity contribution is -0.143. The molecule has 0 aromatic rings. The first kappa shape index (κ1) is 28.8. The molecule has 1 unspecified atom stereocenters. The summed E-state index contributed by atoms with van der Waals surface area (Å²) in [6, 6.07) is -2.29. The monoisotopic (exact) mass is 445 g/mol. The number of aliphatic carboxylic acids is 2. The van der Waals surface area contributed by atoms with Gasteiger partial charge in [0.2, 0.25) is 11.8 Å². The summed E-state index contributed by atoms with van der Waals surface area (Å²) >= 11 is 0. The van der Waals surface area contributed by atoms with E-state index in [1.54, 1.807) is 7.05 Å². The second-order valence-electron chi connectivity index (χ2n) is 8.07. The maximum absolute atomic E-state index is 12.5. The molecule has 11 nitrogen and oxygen atoms in total. The molecule has 0 aromatic heterocycles. The molecule has 180 valence electrons. The summed E-state index contributed by atoms with van der Waals surface area (Å²) < 4.78 is 0. The highest BCUT2D eigenvalue weighted by Gasteiger charge is 2.26.